The average Bonchev–Trinajstić information content (AvgIpc) is 2.62. The molecule has 1 heterocycles. The Hall–Kier alpha value is -3.39. The molecule has 0 unspecified atom stereocenters. The molecule has 5 heteroatoms. The van der Waals surface area contributed by atoms with Gasteiger partial charge in [-0.1, -0.05) is 36.4 Å². The first-order valence-corrected chi connectivity index (χ1v) is 7.10. The van der Waals surface area contributed by atoms with Crippen LogP contribution in [0.3, 0.4) is 0 Å². The van der Waals surface area contributed by atoms with E-state index >= 15 is 0 Å². The third kappa shape index (κ3) is 3.63. The van der Waals surface area contributed by atoms with Crippen LogP contribution in [0.2, 0.25) is 0 Å². The summed E-state index contributed by atoms with van der Waals surface area (Å²) in [4.78, 5) is 8.17. The van der Waals surface area contributed by atoms with Gasteiger partial charge in [-0.2, -0.15) is 5.26 Å². The molecule has 0 aliphatic heterocycles. The van der Waals surface area contributed by atoms with E-state index < -0.39 is 0 Å². The molecule has 3 aromatic rings. The Morgan fingerprint density at radius 3 is 2.52 bits per heavy atom. The number of benzene rings is 2. The molecule has 112 valence electrons. The Kier molecular flexibility index (Phi) is 4.46. The summed E-state index contributed by atoms with van der Waals surface area (Å²) in [5.74, 6) is 1.24. The van der Waals surface area contributed by atoms with E-state index in [2.05, 4.69) is 15.3 Å². The van der Waals surface area contributed by atoms with Crippen molar-refractivity contribution in [1.29, 1.82) is 5.26 Å². The third-order valence-electron chi connectivity index (χ3n) is 3.21. The number of nitrogens with zero attached hydrogens (tertiary/aromatic N) is 3. The van der Waals surface area contributed by atoms with Crippen LogP contribution in [0.5, 0.6) is 5.75 Å². The van der Waals surface area contributed by atoms with Crippen LogP contribution in [0.15, 0.2) is 67.0 Å². The van der Waals surface area contributed by atoms with Gasteiger partial charge in [0.15, 0.2) is 11.5 Å². The van der Waals surface area contributed by atoms with Gasteiger partial charge in [-0.3, -0.25) is 0 Å². The number of aromatic nitrogens is 2. The maximum atomic E-state index is 9.10. The molecule has 23 heavy (non-hydrogen) atoms. The van der Waals surface area contributed by atoms with Crippen molar-refractivity contribution in [2.75, 3.05) is 5.32 Å². The van der Waals surface area contributed by atoms with Crippen molar-refractivity contribution in [2.24, 2.45) is 0 Å². The molecule has 2 aromatic carbocycles. The van der Waals surface area contributed by atoms with Crippen LogP contribution in [0, 0.1) is 11.3 Å². The van der Waals surface area contributed by atoms with Crippen LogP contribution in [0.25, 0.3) is 0 Å². The summed E-state index contributed by atoms with van der Waals surface area (Å²) < 4.78 is 5.79. The van der Waals surface area contributed by atoms with Crippen LogP contribution in [0.1, 0.15) is 11.3 Å². The molecule has 0 atom stereocenters. The van der Waals surface area contributed by atoms with Gasteiger partial charge in [0.25, 0.3) is 0 Å². The number of nitrogens with one attached hydrogen (secondary N) is 1. The number of para-hydroxylation sites is 2. The summed E-state index contributed by atoms with van der Waals surface area (Å²) in [5, 5.41) is 12.3. The number of anilines is 2. The zero-order chi connectivity index (χ0) is 15.9. The van der Waals surface area contributed by atoms with Crippen LogP contribution in [-0.2, 0) is 6.61 Å². The van der Waals surface area contributed by atoms with Crippen molar-refractivity contribution in [1.82, 2.24) is 9.97 Å². The highest BCUT2D eigenvalue weighted by molar-refractivity contribution is 5.63. The molecule has 0 spiro atoms. The molecule has 0 radical (unpaired) electrons. The molecule has 1 N–H and O–H groups in total. The summed E-state index contributed by atoms with van der Waals surface area (Å²) in [5.41, 5.74) is 2.05. The Morgan fingerprint density at radius 2 is 1.70 bits per heavy atom. The summed E-state index contributed by atoms with van der Waals surface area (Å²) >= 11 is 0. The molecule has 0 saturated carbocycles. The SMILES string of the molecule is N#Cc1nccnc1Nc1ccccc1COc1ccccc1. The summed E-state index contributed by atoms with van der Waals surface area (Å²) in [6.07, 6.45) is 3.04. The van der Waals surface area contributed by atoms with Crippen molar-refractivity contribution >= 4 is 11.5 Å². The predicted molar refractivity (Wildman–Crippen MR) is 87.2 cm³/mol. The van der Waals surface area contributed by atoms with Crippen molar-refractivity contribution in [2.45, 2.75) is 6.61 Å². The van der Waals surface area contributed by atoms with Crippen molar-refractivity contribution in [3.05, 3.63) is 78.2 Å². The van der Waals surface area contributed by atoms with Gasteiger partial charge in [0, 0.05) is 23.6 Å². The van der Waals surface area contributed by atoms with Gasteiger partial charge < -0.3 is 10.1 Å². The van der Waals surface area contributed by atoms with E-state index in [0.29, 0.717) is 12.4 Å². The molecule has 5 nitrogen and oxygen atoms in total. The highest BCUT2D eigenvalue weighted by Crippen LogP contribution is 2.22. The molecule has 0 saturated heterocycles. The van der Waals surface area contributed by atoms with Crippen LogP contribution >= 0.6 is 0 Å². The van der Waals surface area contributed by atoms with Gasteiger partial charge in [0.05, 0.1) is 0 Å². The molecule has 1 aromatic heterocycles. The maximum absolute atomic E-state index is 9.10. The van der Waals surface area contributed by atoms with Crippen LogP contribution in [-0.4, -0.2) is 9.97 Å². The molecule has 0 fully saturated rings. The smallest absolute Gasteiger partial charge is 0.183 e. The third-order valence-corrected chi connectivity index (χ3v) is 3.21. The number of ether oxygens (including phenoxy) is 1. The molecule has 0 aliphatic rings. The van der Waals surface area contributed by atoms with Crippen LogP contribution < -0.4 is 10.1 Å². The second kappa shape index (κ2) is 7.05. The monoisotopic (exact) mass is 302 g/mol. The lowest BCUT2D eigenvalue weighted by molar-refractivity contribution is 0.307. The van der Waals surface area contributed by atoms with Gasteiger partial charge >= 0.3 is 0 Å². The molecule has 0 amide bonds. The highest BCUT2D eigenvalue weighted by Gasteiger charge is 2.08. The van der Waals surface area contributed by atoms with Crippen molar-refractivity contribution < 1.29 is 4.74 Å². The largest absolute Gasteiger partial charge is 0.489 e. The lowest BCUT2D eigenvalue weighted by atomic mass is 10.2. The second-order valence-corrected chi connectivity index (χ2v) is 4.75. The Labute approximate surface area is 134 Å². The van der Waals surface area contributed by atoms with E-state index in [-0.39, 0.29) is 5.69 Å². The van der Waals surface area contributed by atoms with Crippen molar-refractivity contribution in [3.8, 4) is 11.8 Å². The topological polar surface area (TPSA) is 70.8 Å². The molecule has 0 aliphatic carbocycles. The number of hydrogen-bond donors (Lipinski definition) is 1. The van der Waals surface area contributed by atoms with E-state index in [1.165, 1.54) is 6.20 Å². The van der Waals surface area contributed by atoms with Crippen molar-refractivity contribution in [3.63, 3.8) is 0 Å². The minimum atomic E-state index is 0.256. The molecular weight excluding hydrogens is 288 g/mol. The predicted octanol–water partition coefficient (Wildman–Crippen LogP) is 3.67. The first-order valence-electron chi connectivity index (χ1n) is 7.10. The Bertz CT molecular complexity index is 828. The molecule has 0 bridgehead atoms. The number of hydrogen-bond acceptors (Lipinski definition) is 5. The quantitative estimate of drug-likeness (QED) is 0.778. The van der Waals surface area contributed by atoms with E-state index in [1.54, 1.807) is 6.20 Å². The standard InChI is InChI=1S/C18H14N4O/c19-12-17-18(21-11-10-20-17)22-16-9-5-4-6-14(16)13-23-15-7-2-1-3-8-15/h1-11H,13H2,(H,21,22). The lowest BCUT2D eigenvalue weighted by Crippen LogP contribution is -2.03. The van der Waals surface area contributed by atoms with Gasteiger partial charge in [-0.05, 0) is 18.2 Å². The fourth-order valence-electron chi connectivity index (χ4n) is 2.08. The zero-order valence-corrected chi connectivity index (χ0v) is 12.3. The first-order chi connectivity index (χ1) is 11.4. The minimum absolute atomic E-state index is 0.256. The lowest BCUT2D eigenvalue weighted by Gasteiger charge is -2.13. The average molecular weight is 302 g/mol. The minimum Gasteiger partial charge on any atom is -0.489 e. The fraction of sp³-hybridized carbons (Fsp3) is 0.0556. The van der Waals surface area contributed by atoms with E-state index in [0.717, 1.165) is 17.0 Å². The second-order valence-electron chi connectivity index (χ2n) is 4.75. The normalized spacial score (nSPS) is 9.87. The molecular formula is C18H14N4O. The van der Waals surface area contributed by atoms with Crippen LogP contribution in [0.4, 0.5) is 11.5 Å². The van der Waals surface area contributed by atoms with E-state index in [9.17, 15) is 0 Å². The Morgan fingerprint density at radius 1 is 0.957 bits per heavy atom. The van der Waals surface area contributed by atoms with Gasteiger partial charge in [-0.15, -0.1) is 0 Å². The van der Waals surface area contributed by atoms with E-state index in [1.807, 2.05) is 60.7 Å². The van der Waals surface area contributed by atoms with E-state index in [4.69, 9.17) is 10.00 Å². The first kappa shape index (κ1) is 14.5. The summed E-state index contributed by atoms with van der Waals surface area (Å²) in [6.45, 7) is 0.412. The highest BCUT2D eigenvalue weighted by atomic mass is 16.5. The molecule has 3 rings (SSSR count). The summed E-state index contributed by atoms with van der Waals surface area (Å²) in [6, 6.07) is 19.4. The summed E-state index contributed by atoms with van der Waals surface area (Å²) in [7, 11) is 0. The zero-order valence-electron chi connectivity index (χ0n) is 12.3. The number of rotatable bonds is 5. The fourth-order valence-corrected chi connectivity index (χ4v) is 2.08. The van der Waals surface area contributed by atoms with Gasteiger partial charge in [-0.25, -0.2) is 9.97 Å². The Balaban J connectivity index is 1.79. The maximum Gasteiger partial charge on any atom is 0.183 e. The van der Waals surface area contributed by atoms with Gasteiger partial charge in [0.1, 0.15) is 18.4 Å². The van der Waals surface area contributed by atoms with Gasteiger partial charge in [0.2, 0.25) is 0 Å². The number of nitriles is 1.